The Morgan fingerprint density at radius 1 is 0.968 bits per heavy atom. The number of hydrogen-bond acceptors (Lipinski definition) is 3. The van der Waals surface area contributed by atoms with Gasteiger partial charge in [-0.15, -0.1) is 0 Å². The molecule has 31 heavy (non-hydrogen) atoms. The van der Waals surface area contributed by atoms with Crippen molar-refractivity contribution in [2.24, 2.45) is 5.41 Å². The van der Waals surface area contributed by atoms with Gasteiger partial charge >= 0.3 is 0 Å². The van der Waals surface area contributed by atoms with Crippen LogP contribution in [0.3, 0.4) is 0 Å². The summed E-state index contributed by atoms with van der Waals surface area (Å²) in [5.41, 5.74) is 1.95. The van der Waals surface area contributed by atoms with E-state index in [1.165, 1.54) is 0 Å². The van der Waals surface area contributed by atoms with Crippen LogP contribution in [0.25, 0.3) is 0 Å². The fourth-order valence-corrected chi connectivity index (χ4v) is 4.54. The molecule has 0 radical (unpaired) electrons. The molecule has 2 amide bonds. The summed E-state index contributed by atoms with van der Waals surface area (Å²) in [7, 11) is 1.63. The van der Waals surface area contributed by atoms with E-state index in [4.69, 9.17) is 4.74 Å². The van der Waals surface area contributed by atoms with Crippen molar-refractivity contribution in [3.05, 3.63) is 65.7 Å². The molecule has 5 nitrogen and oxygen atoms in total. The number of amides is 2. The predicted octanol–water partition coefficient (Wildman–Crippen LogP) is 3.13. The zero-order valence-corrected chi connectivity index (χ0v) is 18.0. The average molecular weight is 417 g/mol. The van der Waals surface area contributed by atoms with E-state index in [1.807, 2.05) is 64.4 Å². The molecular weight excluding hydrogens is 388 g/mol. The molecule has 0 bridgehead atoms. The molecule has 0 atom stereocenters. The molecular formula is C26H28N2O3. The third-order valence-corrected chi connectivity index (χ3v) is 6.48. The van der Waals surface area contributed by atoms with Crippen molar-refractivity contribution in [1.29, 1.82) is 0 Å². The molecule has 160 valence electrons. The lowest BCUT2D eigenvalue weighted by molar-refractivity contribution is -0.133. The molecule has 0 N–H and O–H groups in total. The van der Waals surface area contributed by atoms with Crippen molar-refractivity contribution in [2.45, 2.75) is 25.7 Å². The first-order chi connectivity index (χ1) is 15.1. The van der Waals surface area contributed by atoms with Gasteiger partial charge in [-0.2, -0.15) is 0 Å². The Balaban J connectivity index is 1.29. The number of carbonyl (C=O) groups is 2. The maximum atomic E-state index is 12.8. The number of benzene rings is 2. The maximum absolute atomic E-state index is 12.8. The van der Waals surface area contributed by atoms with Gasteiger partial charge in [-0.1, -0.05) is 36.3 Å². The molecule has 5 heteroatoms. The number of likely N-dealkylation sites (tertiary alicyclic amines) is 2. The quantitative estimate of drug-likeness (QED) is 0.723. The zero-order chi connectivity index (χ0) is 21.7. The molecule has 0 aliphatic carbocycles. The molecule has 0 unspecified atom stereocenters. The number of hydrogen-bond donors (Lipinski definition) is 0. The standard InChI is InChI=1S/C26H28N2O3/c1-31-23-9-5-8-22(18-23)19-25(30)27-15-12-26(13-16-27)14-17-28(20-26)24(29)11-10-21-6-3-2-4-7-21/h2-9,18H,12-17,19-20H2,1H3. The second-order valence-electron chi connectivity index (χ2n) is 8.50. The van der Waals surface area contributed by atoms with Crippen LogP contribution in [-0.4, -0.2) is 54.9 Å². The van der Waals surface area contributed by atoms with Crippen molar-refractivity contribution in [3.8, 4) is 17.6 Å². The largest absolute Gasteiger partial charge is 0.497 e. The Hall–Kier alpha value is -3.26. The van der Waals surface area contributed by atoms with Gasteiger partial charge in [0.2, 0.25) is 5.91 Å². The molecule has 2 aliphatic rings. The van der Waals surface area contributed by atoms with Crippen LogP contribution >= 0.6 is 0 Å². The molecule has 2 aromatic rings. The summed E-state index contributed by atoms with van der Waals surface area (Å²) in [5, 5.41) is 0. The monoisotopic (exact) mass is 416 g/mol. The average Bonchev–Trinajstić information content (AvgIpc) is 3.22. The summed E-state index contributed by atoms with van der Waals surface area (Å²) in [4.78, 5) is 29.2. The molecule has 2 fully saturated rings. The number of rotatable bonds is 3. The Bertz CT molecular complexity index is 998. The van der Waals surface area contributed by atoms with E-state index in [1.54, 1.807) is 7.11 Å². The molecule has 2 saturated heterocycles. The van der Waals surface area contributed by atoms with Crippen molar-refractivity contribution in [2.75, 3.05) is 33.3 Å². The first kappa shape index (κ1) is 21.0. The smallest absolute Gasteiger partial charge is 0.298 e. The van der Waals surface area contributed by atoms with Gasteiger partial charge in [0, 0.05) is 37.7 Å². The topological polar surface area (TPSA) is 49.9 Å². The lowest BCUT2D eigenvalue weighted by Gasteiger charge is -2.39. The van der Waals surface area contributed by atoms with Crippen LogP contribution in [0.1, 0.15) is 30.4 Å². The Morgan fingerprint density at radius 2 is 1.68 bits per heavy atom. The van der Waals surface area contributed by atoms with Crippen LogP contribution in [0.15, 0.2) is 54.6 Å². The van der Waals surface area contributed by atoms with Crippen LogP contribution in [0.5, 0.6) is 5.75 Å². The van der Waals surface area contributed by atoms with E-state index < -0.39 is 0 Å². The lowest BCUT2D eigenvalue weighted by atomic mass is 9.77. The maximum Gasteiger partial charge on any atom is 0.298 e. The Kier molecular flexibility index (Phi) is 6.27. The second kappa shape index (κ2) is 9.26. The Morgan fingerprint density at radius 3 is 2.39 bits per heavy atom. The summed E-state index contributed by atoms with van der Waals surface area (Å²) < 4.78 is 5.25. The van der Waals surface area contributed by atoms with E-state index in [2.05, 4.69) is 11.8 Å². The van der Waals surface area contributed by atoms with Gasteiger partial charge in [-0.3, -0.25) is 9.59 Å². The molecule has 4 rings (SSSR count). The van der Waals surface area contributed by atoms with Crippen LogP contribution in [0, 0.1) is 17.3 Å². The van der Waals surface area contributed by atoms with Crippen LogP contribution in [-0.2, 0) is 16.0 Å². The minimum Gasteiger partial charge on any atom is -0.497 e. The number of carbonyl (C=O) groups excluding carboxylic acids is 2. The van der Waals surface area contributed by atoms with Crippen molar-refractivity contribution >= 4 is 11.8 Å². The van der Waals surface area contributed by atoms with Gasteiger partial charge in [-0.25, -0.2) is 0 Å². The van der Waals surface area contributed by atoms with E-state index >= 15 is 0 Å². The number of piperidine rings is 1. The number of nitrogens with zero attached hydrogens (tertiary/aromatic N) is 2. The summed E-state index contributed by atoms with van der Waals surface area (Å²) in [6.45, 7) is 2.99. The third-order valence-electron chi connectivity index (χ3n) is 6.48. The first-order valence-corrected chi connectivity index (χ1v) is 10.8. The minimum absolute atomic E-state index is 0.0998. The van der Waals surface area contributed by atoms with Crippen LogP contribution in [0.2, 0.25) is 0 Å². The van der Waals surface area contributed by atoms with Crippen molar-refractivity contribution < 1.29 is 14.3 Å². The molecule has 0 aromatic heterocycles. The van der Waals surface area contributed by atoms with Crippen molar-refractivity contribution in [1.82, 2.24) is 9.80 Å². The number of methoxy groups -OCH3 is 1. The van der Waals surface area contributed by atoms with Gasteiger partial charge in [0.25, 0.3) is 5.91 Å². The molecule has 1 spiro atoms. The van der Waals surface area contributed by atoms with E-state index in [0.717, 1.165) is 62.3 Å². The van der Waals surface area contributed by atoms with Gasteiger partial charge in [0.15, 0.2) is 0 Å². The van der Waals surface area contributed by atoms with E-state index in [0.29, 0.717) is 6.42 Å². The van der Waals surface area contributed by atoms with Crippen molar-refractivity contribution in [3.63, 3.8) is 0 Å². The highest BCUT2D eigenvalue weighted by Gasteiger charge is 2.42. The highest BCUT2D eigenvalue weighted by molar-refractivity contribution is 5.94. The molecule has 2 aromatic carbocycles. The van der Waals surface area contributed by atoms with E-state index in [9.17, 15) is 9.59 Å². The third kappa shape index (κ3) is 5.08. The predicted molar refractivity (Wildman–Crippen MR) is 119 cm³/mol. The second-order valence-corrected chi connectivity index (χ2v) is 8.50. The molecule has 2 heterocycles. The summed E-state index contributed by atoms with van der Waals surface area (Å²) >= 11 is 0. The lowest BCUT2D eigenvalue weighted by Crippen LogP contribution is -2.45. The SMILES string of the molecule is COc1cccc(CC(=O)N2CCC3(CCN(C(=O)C#Cc4ccccc4)C3)CC2)c1. The molecule has 2 aliphatic heterocycles. The zero-order valence-electron chi connectivity index (χ0n) is 18.0. The van der Waals surface area contributed by atoms with Gasteiger partial charge in [0.1, 0.15) is 5.75 Å². The summed E-state index contributed by atoms with van der Waals surface area (Å²) in [6, 6.07) is 17.3. The fourth-order valence-electron chi connectivity index (χ4n) is 4.54. The summed E-state index contributed by atoms with van der Waals surface area (Å²) in [5.74, 6) is 6.58. The molecule has 0 saturated carbocycles. The number of ether oxygens (including phenoxy) is 1. The van der Waals surface area contributed by atoms with Crippen LogP contribution in [0.4, 0.5) is 0 Å². The van der Waals surface area contributed by atoms with Gasteiger partial charge in [0.05, 0.1) is 13.5 Å². The summed E-state index contributed by atoms with van der Waals surface area (Å²) in [6.07, 6.45) is 3.26. The highest BCUT2D eigenvalue weighted by Crippen LogP contribution is 2.40. The Labute approximate surface area is 184 Å². The minimum atomic E-state index is -0.0998. The van der Waals surface area contributed by atoms with Gasteiger partial charge in [-0.05, 0) is 54.5 Å². The first-order valence-electron chi connectivity index (χ1n) is 10.8. The normalized spacial score (nSPS) is 17.2. The fraction of sp³-hybridized carbons (Fsp3) is 0.385. The van der Waals surface area contributed by atoms with E-state index in [-0.39, 0.29) is 17.2 Å². The van der Waals surface area contributed by atoms with Gasteiger partial charge < -0.3 is 14.5 Å². The highest BCUT2D eigenvalue weighted by atomic mass is 16.5. The van der Waals surface area contributed by atoms with Crippen LogP contribution < -0.4 is 4.74 Å².